The van der Waals surface area contributed by atoms with Crippen LogP contribution in [0.5, 0.6) is 0 Å². The van der Waals surface area contributed by atoms with E-state index in [1.807, 2.05) is 45.8 Å². The summed E-state index contributed by atoms with van der Waals surface area (Å²) in [5.74, 6) is -0.553. The zero-order chi connectivity index (χ0) is 16.9. The van der Waals surface area contributed by atoms with Crippen molar-refractivity contribution in [1.29, 1.82) is 0 Å². The van der Waals surface area contributed by atoms with Crippen molar-refractivity contribution in [1.82, 2.24) is 4.90 Å². The van der Waals surface area contributed by atoms with Gasteiger partial charge in [0.1, 0.15) is 0 Å². The molecule has 0 bridgehead atoms. The van der Waals surface area contributed by atoms with Crippen LogP contribution in [-0.2, 0) is 42.2 Å². The molecule has 0 saturated carbocycles. The summed E-state index contributed by atoms with van der Waals surface area (Å²) in [5, 5.41) is 2.91. The van der Waals surface area contributed by atoms with E-state index in [-0.39, 0.29) is 44.7 Å². The fraction of sp³-hybridized carbons (Fsp3) is 0.529. The molecule has 0 aliphatic rings. The van der Waals surface area contributed by atoms with Crippen LogP contribution >= 0.6 is 0 Å². The minimum atomic E-state index is -0.445. The maximum atomic E-state index is 12.5. The number of benzene rings is 1. The topological polar surface area (TPSA) is 58.6 Å². The van der Waals surface area contributed by atoms with Crippen LogP contribution in [0.1, 0.15) is 41.3 Å². The molecule has 23 heavy (non-hydrogen) atoms. The molecule has 1 N–H and O–H groups in total. The smallest absolute Gasteiger partial charge is 0.339 e. The van der Waals surface area contributed by atoms with Crippen LogP contribution in [0.3, 0.4) is 0 Å². The Labute approximate surface area is 164 Å². The number of likely N-dealkylation sites (N-methyl/N-ethyl adjacent to an activating group) is 1. The van der Waals surface area contributed by atoms with Crippen molar-refractivity contribution in [3.05, 3.63) is 28.8 Å². The number of hydrogen-bond acceptors (Lipinski definition) is 4. The number of ether oxygens (including phenoxy) is 1. The first-order valence-corrected chi connectivity index (χ1v) is 7.48. The molecule has 5 nitrogen and oxygen atoms in total. The number of carbonyl (C=O) groups is 2. The van der Waals surface area contributed by atoms with Gasteiger partial charge in [-0.1, -0.05) is 19.4 Å². The van der Waals surface area contributed by atoms with E-state index in [0.29, 0.717) is 11.3 Å². The van der Waals surface area contributed by atoms with E-state index < -0.39 is 5.97 Å². The van der Waals surface area contributed by atoms with E-state index >= 15 is 0 Å². The van der Waals surface area contributed by atoms with Crippen LogP contribution in [0.2, 0.25) is 0 Å². The number of nitrogens with one attached hydrogen (secondary N) is 1. The molecule has 1 unspecified atom stereocenters. The molecule has 0 aliphatic heterocycles. The van der Waals surface area contributed by atoms with Crippen molar-refractivity contribution >= 4 is 17.6 Å². The summed E-state index contributed by atoms with van der Waals surface area (Å²) in [6.45, 7) is 5.82. The maximum Gasteiger partial charge on any atom is 0.339 e. The predicted octanol–water partition coefficient (Wildman–Crippen LogP) is 2.76. The normalized spacial score (nSPS) is 11.6. The molecule has 1 rings (SSSR count). The molecule has 0 heterocycles. The second-order valence-corrected chi connectivity index (χ2v) is 5.75. The van der Waals surface area contributed by atoms with Crippen LogP contribution in [0, 0.1) is 13.8 Å². The summed E-state index contributed by atoms with van der Waals surface area (Å²) in [4.78, 5) is 26.4. The first kappa shape index (κ1) is 22.2. The Morgan fingerprint density at radius 1 is 1.26 bits per heavy atom. The third-order valence-electron chi connectivity index (χ3n) is 3.62. The Hall–Kier alpha value is -0.776. The van der Waals surface area contributed by atoms with Crippen molar-refractivity contribution in [2.24, 2.45) is 0 Å². The molecule has 0 fully saturated rings. The molecule has 1 aromatic carbocycles. The van der Waals surface area contributed by atoms with Gasteiger partial charge < -0.3 is 10.1 Å². The molecule has 0 aromatic heterocycles. The molecule has 125 valence electrons. The van der Waals surface area contributed by atoms with Gasteiger partial charge in [0.2, 0.25) is 5.91 Å². The Kier molecular flexibility index (Phi) is 9.82. The van der Waals surface area contributed by atoms with Gasteiger partial charge in [-0.05, 0) is 51.6 Å². The molecule has 1 aromatic rings. The first-order valence-electron chi connectivity index (χ1n) is 7.48. The Morgan fingerprint density at radius 3 is 2.35 bits per heavy atom. The second-order valence-electron chi connectivity index (χ2n) is 5.75. The van der Waals surface area contributed by atoms with Crippen LogP contribution < -0.4 is 5.32 Å². The summed E-state index contributed by atoms with van der Waals surface area (Å²) in [7, 11) is 5.09. The Balaban J connectivity index is 0.00000484. The average Bonchev–Trinajstić information content (AvgIpc) is 2.45. The summed E-state index contributed by atoms with van der Waals surface area (Å²) in [6, 6.07) is 3.45. The monoisotopic (exact) mass is 395 g/mol. The minimum absolute atomic E-state index is 0. The van der Waals surface area contributed by atoms with E-state index in [2.05, 4.69) is 5.32 Å². The van der Waals surface area contributed by atoms with Gasteiger partial charge in [0.25, 0.3) is 0 Å². The van der Waals surface area contributed by atoms with Crippen molar-refractivity contribution in [3.8, 4) is 0 Å². The van der Waals surface area contributed by atoms with Crippen molar-refractivity contribution in [2.75, 3.05) is 26.5 Å². The van der Waals surface area contributed by atoms with Gasteiger partial charge in [0.05, 0.1) is 24.4 Å². The van der Waals surface area contributed by atoms with E-state index in [0.717, 1.165) is 24.0 Å². The number of nitrogens with zero attached hydrogens (tertiary/aromatic N) is 1. The van der Waals surface area contributed by atoms with Crippen LogP contribution in [-0.4, -0.2) is 44.0 Å². The molecule has 1 atom stereocenters. The van der Waals surface area contributed by atoms with Gasteiger partial charge in [-0.15, -0.1) is 0 Å². The third-order valence-corrected chi connectivity index (χ3v) is 3.62. The van der Waals surface area contributed by atoms with Crippen LogP contribution in [0.4, 0.5) is 5.69 Å². The van der Waals surface area contributed by atoms with E-state index in [9.17, 15) is 9.59 Å². The van der Waals surface area contributed by atoms with Crippen molar-refractivity contribution in [3.63, 3.8) is 0 Å². The SMILES string of the molecule is CCCC(C(=O)Nc1c(C)cc(C)cc1C(=O)OC)N(C)C.[Y]. The number of rotatable bonds is 6. The number of anilines is 1. The molecular formula is C17H26N2O3Y. The van der Waals surface area contributed by atoms with Gasteiger partial charge >= 0.3 is 5.97 Å². The predicted molar refractivity (Wildman–Crippen MR) is 88.3 cm³/mol. The van der Waals surface area contributed by atoms with Crippen molar-refractivity contribution in [2.45, 2.75) is 39.7 Å². The summed E-state index contributed by atoms with van der Waals surface area (Å²) >= 11 is 0. The van der Waals surface area contributed by atoms with Gasteiger partial charge in [0, 0.05) is 32.7 Å². The third kappa shape index (κ3) is 5.98. The number of aryl methyl sites for hydroxylation is 2. The van der Waals surface area contributed by atoms with Crippen LogP contribution in [0.25, 0.3) is 0 Å². The summed E-state index contributed by atoms with van der Waals surface area (Å²) in [6.07, 6.45) is 1.67. The second kappa shape index (κ2) is 10.2. The first-order chi connectivity index (χ1) is 10.3. The molecule has 0 aliphatic carbocycles. The Bertz CT molecular complexity index is 559. The zero-order valence-corrected chi connectivity index (χ0v) is 17.7. The Morgan fingerprint density at radius 2 is 1.87 bits per heavy atom. The number of esters is 1. The number of carbonyl (C=O) groups excluding carboxylic acids is 2. The quantitative estimate of drug-likeness (QED) is 0.753. The average molecular weight is 395 g/mol. The van der Waals surface area contributed by atoms with E-state index in [1.54, 1.807) is 6.07 Å². The summed E-state index contributed by atoms with van der Waals surface area (Å²) in [5.41, 5.74) is 2.73. The molecule has 0 saturated heterocycles. The fourth-order valence-electron chi connectivity index (χ4n) is 2.51. The van der Waals surface area contributed by atoms with Gasteiger partial charge in [-0.3, -0.25) is 9.69 Å². The molecule has 0 spiro atoms. The summed E-state index contributed by atoms with van der Waals surface area (Å²) < 4.78 is 4.82. The number of methoxy groups -OCH3 is 1. The fourth-order valence-corrected chi connectivity index (χ4v) is 2.51. The molecule has 1 amide bonds. The van der Waals surface area contributed by atoms with Gasteiger partial charge in [-0.25, -0.2) is 4.79 Å². The van der Waals surface area contributed by atoms with E-state index in [4.69, 9.17) is 4.74 Å². The number of hydrogen-bond donors (Lipinski definition) is 1. The van der Waals surface area contributed by atoms with E-state index in [1.165, 1.54) is 7.11 Å². The standard InChI is InChI=1S/C17H26N2O3.Y/c1-7-8-14(19(4)5)16(20)18-15-12(3)9-11(2)10-13(15)17(21)22-6;/h9-10,14H,7-8H2,1-6H3,(H,18,20);. The molecule has 1 radical (unpaired) electrons. The van der Waals surface area contributed by atoms with Gasteiger partial charge in [0.15, 0.2) is 0 Å². The number of amides is 1. The molecule has 6 heteroatoms. The molecular weight excluding hydrogens is 369 g/mol. The largest absolute Gasteiger partial charge is 0.465 e. The van der Waals surface area contributed by atoms with Crippen LogP contribution in [0.15, 0.2) is 12.1 Å². The minimum Gasteiger partial charge on any atom is -0.465 e. The maximum absolute atomic E-state index is 12.5. The van der Waals surface area contributed by atoms with Gasteiger partial charge in [-0.2, -0.15) is 0 Å². The van der Waals surface area contributed by atoms with Crippen molar-refractivity contribution < 1.29 is 47.0 Å². The zero-order valence-electron chi connectivity index (χ0n) is 14.9.